The first-order valence-corrected chi connectivity index (χ1v) is 9.03. The van der Waals surface area contributed by atoms with Gasteiger partial charge in [-0.25, -0.2) is 0 Å². The molecule has 0 radical (unpaired) electrons. The molecule has 1 fully saturated rings. The number of rotatable bonds is 8. The summed E-state index contributed by atoms with van der Waals surface area (Å²) in [5.74, 6) is -0.569. The third-order valence-corrected chi connectivity index (χ3v) is 4.51. The lowest BCUT2D eigenvalue weighted by atomic mass is 9.87. The molecule has 0 heterocycles. The molecule has 6 nitrogen and oxygen atoms in total. The monoisotopic (exact) mass is 339 g/mol. The number of primary amides is 1. The van der Waals surface area contributed by atoms with Crippen molar-refractivity contribution < 1.29 is 14.4 Å². The second-order valence-electron chi connectivity index (χ2n) is 8.11. The number of carbonyl (C=O) groups is 3. The number of hydrogen-bond acceptors (Lipinski definition) is 3. The van der Waals surface area contributed by atoms with E-state index in [1.807, 2.05) is 0 Å². The van der Waals surface area contributed by atoms with Crippen molar-refractivity contribution in [2.75, 3.05) is 6.54 Å². The summed E-state index contributed by atoms with van der Waals surface area (Å²) in [5.41, 5.74) is 5.42. The summed E-state index contributed by atoms with van der Waals surface area (Å²) in [4.78, 5) is 35.3. The van der Waals surface area contributed by atoms with Gasteiger partial charge in [0, 0.05) is 6.42 Å². The van der Waals surface area contributed by atoms with Gasteiger partial charge in [0.15, 0.2) is 0 Å². The molecule has 0 aromatic rings. The minimum Gasteiger partial charge on any atom is -0.368 e. The third kappa shape index (κ3) is 8.89. The Morgan fingerprint density at radius 3 is 2.25 bits per heavy atom. The molecule has 0 bridgehead atoms. The fraction of sp³-hybridized carbons (Fsp3) is 0.833. The second-order valence-corrected chi connectivity index (χ2v) is 8.11. The molecule has 3 amide bonds. The van der Waals surface area contributed by atoms with Crippen molar-refractivity contribution in [2.24, 2.45) is 17.1 Å². The van der Waals surface area contributed by atoms with E-state index < -0.39 is 11.9 Å². The number of amides is 3. The van der Waals surface area contributed by atoms with Crippen LogP contribution in [0, 0.1) is 11.3 Å². The van der Waals surface area contributed by atoms with Crippen molar-refractivity contribution in [3.8, 4) is 0 Å². The van der Waals surface area contributed by atoms with Crippen LogP contribution in [0.5, 0.6) is 0 Å². The van der Waals surface area contributed by atoms with Crippen LogP contribution < -0.4 is 16.4 Å². The normalized spacial score (nSPS) is 17.1. The average molecular weight is 339 g/mol. The van der Waals surface area contributed by atoms with E-state index in [0.717, 1.165) is 19.3 Å². The first kappa shape index (κ1) is 20.5. The van der Waals surface area contributed by atoms with Crippen molar-refractivity contribution in [3.63, 3.8) is 0 Å². The van der Waals surface area contributed by atoms with Gasteiger partial charge in [-0.15, -0.1) is 0 Å². The Hall–Kier alpha value is -1.59. The molecule has 1 aliphatic carbocycles. The molecule has 4 N–H and O–H groups in total. The summed E-state index contributed by atoms with van der Waals surface area (Å²) in [5, 5.41) is 5.26. The Morgan fingerprint density at radius 1 is 1.08 bits per heavy atom. The van der Waals surface area contributed by atoms with Crippen molar-refractivity contribution in [1.82, 2.24) is 10.6 Å². The van der Waals surface area contributed by atoms with E-state index in [9.17, 15) is 14.4 Å². The van der Waals surface area contributed by atoms with Crippen LogP contribution in [-0.4, -0.2) is 30.3 Å². The van der Waals surface area contributed by atoms with E-state index in [2.05, 4.69) is 31.4 Å². The van der Waals surface area contributed by atoms with Gasteiger partial charge in [-0.1, -0.05) is 40.0 Å². The van der Waals surface area contributed by atoms with Crippen LogP contribution in [0.25, 0.3) is 0 Å². The fourth-order valence-corrected chi connectivity index (χ4v) is 3.01. The van der Waals surface area contributed by atoms with Crippen LogP contribution in [0.2, 0.25) is 0 Å². The highest BCUT2D eigenvalue weighted by molar-refractivity contribution is 5.89. The molecule has 0 aromatic heterocycles. The van der Waals surface area contributed by atoms with Crippen molar-refractivity contribution >= 4 is 17.7 Å². The van der Waals surface area contributed by atoms with Gasteiger partial charge in [-0.3, -0.25) is 14.4 Å². The van der Waals surface area contributed by atoms with Gasteiger partial charge in [0.1, 0.15) is 6.04 Å². The molecule has 0 aromatic carbocycles. The van der Waals surface area contributed by atoms with Crippen LogP contribution in [0.4, 0.5) is 0 Å². The summed E-state index contributed by atoms with van der Waals surface area (Å²) in [6.45, 7) is 6.10. The van der Waals surface area contributed by atoms with Crippen molar-refractivity contribution in [3.05, 3.63) is 0 Å². The van der Waals surface area contributed by atoms with E-state index >= 15 is 0 Å². The zero-order chi connectivity index (χ0) is 18.2. The van der Waals surface area contributed by atoms with Crippen molar-refractivity contribution in [2.45, 2.75) is 78.2 Å². The minimum absolute atomic E-state index is 0.0621. The Balaban J connectivity index is 2.31. The summed E-state index contributed by atoms with van der Waals surface area (Å²) < 4.78 is 0. The quantitative estimate of drug-likeness (QED) is 0.629. The van der Waals surface area contributed by atoms with E-state index in [1.54, 1.807) is 0 Å². The summed E-state index contributed by atoms with van der Waals surface area (Å²) >= 11 is 0. The number of nitrogens with two attached hydrogens (primary N) is 1. The smallest absolute Gasteiger partial charge is 0.240 e. The molecule has 1 saturated carbocycles. The molecule has 1 atom stereocenters. The Kier molecular flexibility index (Phi) is 8.22. The molecule has 0 spiro atoms. The fourth-order valence-electron chi connectivity index (χ4n) is 3.01. The average Bonchev–Trinajstić information content (AvgIpc) is 2.49. The number of carbonyl (C=O) groups excluding carboxylic acids is 3. The maximum atomic E-state index is 11.9. The van der Waals surface area contributed by atoms with Gasteiger partial charge >= 0.3 is 0 Å². The predicted molar refractivity (Wildman–Crippen MR) is 94.0 cm³/mol. The van der Waals surface area contributed by atoms with Gasteiger partial charge < -0.3 is 16.4 Å². The molecule has 6 heteroatoms. The minimum atomic E-state index is -0.688. The first-order chi connectivity index (χ1) is 11.2. The maximum Gasteiger partial charge on any atom is 0.240 e. The highest BCUT2D eigenvalue weighted by Crippen LogP contribution is 2.26. The maximum absolute atomic E-state index is 11.9. The highest BCUT2D eigenvalue weighted by atomic mass is 16.2. The van der Waals surface area contributed by atoms with Crippen LogP contribution in [-0.2, 0) is 14.4 Å². The topological polar surface area (TPSA) is 101 Å². The lowest BCUT2D eigenvalue weighted by Crippen LogP contribution is -2.48. The molecular formula is C18H33N3O3. The van der Waals surface area contributed by atoms with E-state index in [0.29, 0.717) is 18.8 Å². The highest BCUT2D eigenvalue weighted by Gasteiger charge is 2.22. The van der Waals surface area contributed by atoms with Crippen LogP contribution in [0.1, 0.15) is 72.1 Å². The third-order valence-electron chi connectivity index (χ3n) is 4.51. The van der Waals surface area contributed by atoms with E-state index in [-0.39, 0.29) is 23.8 Å². The van der Waals surface area contributed by atoms with E-state index in [4.69, 9.17) is 5.73 Å². The lowest BCUT2D eigenvalue weighted by molar-refractivity contribution is -0.129. The zero-order valence-corrected chi connectivity index (χ0v) is 15.3. The predicted octanol–water partition coefficient (Wildman–Crippen LogP) is 1.87. The molecule has 0 unspecified atom stereocenters. The summed E-state index contributed by atoms with van der Waals surface area (Å²) in [7, 11) is 0. The molecule has 1 aliphatic rings. The standard InChI is InChI=1S/C18H33N3O3/c1-18(2,3)10-9-14(17(19)24)21-16(23)12-20-15(22)11-13-7-5-4-6-8-13/h13-14H,4-12H2,1-3H3,(H2,19,24)(H,20,22)(H,21,23)/t14-/m1/s1. The van der Waals surface area contributed by atoms with E-state index in [1.165, 1.54) is 19.3 Å². The number of hydrogen-bond donors (Lipinski definition) is 3. The molecule has 0 saturated heterocycles. The van der Waals surface area contributed by atoms with Gasteiger partial charge in [0.25, 0.3) is 0 Å². The van der Waals surface area contributed by atoms with Crippen LogP contribution >= 0.6 is 0 Å². The molecule has 0 aliphatic heterocycles. The lowest BCUT2D eigenvalue weighted by Gasteiger charge is -2.22. The van der Waals surface area contributed by atoms with Gasteiger partial charge in [0.2, 0.25) is 17.7 Å². The Morgan fingerprint density at radius 2 is 1.71 bits per heavy atom. The zero-order valence-electron chi connectivity index (χ0n) is 15.3. The molecular weight excluding hydrogens is 306 g/mol. The number of nitrogens with one attached hydrogen (secondary N) is 2. The Bertz CT molecular complexity index is 437. The molecule has 1 rings (SSSR count). The SMILES string of the molecule is CC(C)(C)CC[C@@H](NC(=O)CNC(=O)CC1CCCCC1)C(N)=O. The largest absolute Gasteiger partial charge is 0.368 e. The van der Waals surface area contributed by atoms with Gasteiger partial charge in [-0.05, 0) is 37.0 Å². The van der Waals surface area contributed by atoms with Crippen LogP contribution in [0.15, 0.2) is 0 Å². The van der Waals surface area contributed by atoms with Crippen LogP contribution in [0.3, 0.4) is 0 Å². The summed E-state index contributed by atoms with van der Waals surface area (Å²) in [6, 6.07) is -0.688. The summed E-state index contributed by atoms with van der Waals surface area (Å²) in [6.07, 6.45) is 7.57. The molecule has 24 heavy (non-hydrogen) atoms. The second kappa shape index (κ2) is 9.64. The Labute approximate surface area is 145 Å². The van der Waals surface area contributed by atoms with Gasteiger partial charge in [-0.2, -0.15) is 0 Å². The first-order valence-electron chi connectivity index (χ1n) is 9.03. The van der Waals surface area contributed by atoms with Gasteiger partial charge in [0.05, 0.1) is 6.54 Å². The molecule has 138 valence electrons. The van der Waals surface area contributed by atoms with Crippen molar-refractivity contribution in [1.29, 1.82) is 0 Å².